The van der Waals surface area contributed by atoms with E-state index in [1.54, 1.807) is 6.07 Å². The Morgan fingerprint density at radius 3 is 3.00 bits per heavy atom. The normalized spacial score (nSPS) is 21.9. The van der Waals surface area contributed by atoms with E-state index < -0.39 is 0 Å². The average molecular weight is 261 g/mol. The molecule has 1 heterocycles. The zero-order valence-electron chi connectivity index (χ0n) is 11.3. The van der Waals surface area contributed by atoms with Crippen LogP contribution in [0.5, 0.6) is 0 Å². The van der Waals surface area contributed by atoms with E-state index in [1.165, 1.54) is 18.6 Å². The van der Waals surface area contributed by atoms with E-state index in [4.69, 9.17) is 11.0 Å². The van der Waals surface area contributed by atoms with Gasteiger partial charge >= 0.3 is 0 Å². The highest BCUT2D eigenvalue weighted by molar-refractivity contribution is 5.33. The summed E-state index contributed by atoms with van der Waals surface area (Å²) in [6.45, 7) is 3.49. The predicted molar refractivity (Wildman–Crippen MR) is 72.8 cm³/mol. The first-order chi connectivity index (χ1) is 9.11. The van der Waals surface area contributed by atoms with Crippen LogP contribution in [0.1, 0.15) is 37.3 Å². The molecule has 0 aliphatic carbocycles. The third kappa shape index (κ3) is 3.31. The molecular weight excluding hydrogens is 241 g/mol. The topological polar surface area (TPSA) is 53.0 Å². The van der Waals surface area contributed by atoms with Crippen LogP contribution in [0.25, 0.3) is 0 Å². The molecule has 2 N–H and O–H groups in total. The van der Waals surface area contributed by atoms with Gasteiger partial charge < -0.3 is 5.73 Å². The molecule has 2 atom stereocenters. The molecule has 0 spiro atoms. The van der Waals surface area contributed by atoms with E-state index in [2.05, 4.69) is 11.0 Å². The molecule has 0 amide bonds. The summed E-state index contributed by atoms with van der Waals surface area (Å²) in [5.41, 5.74) is 7.11. The van der Waals surface area contributed by atoms with Crippen molar-refractivity contribution in [2.45, 2.75) is 44.8 Å². The van der Waals surface area contributed by atoms with Crippen molar-refractivity contribution in [3.8, 4) is 6.07 Å². The van der Waals surface area contributed by atoms with Gasteiger partial charge in [0.05, 0.1) is 11.6 Å². The van der Waals surface area contributed by atoms with Crippen molar-refractivity contribution < 1.29 is 4.39 Å². The van der Waals surface area contributed by atoms with Gasteiger partial charge in [-0.2, -0.15) is 5.26 Å². The van der Waals surface area contributed by atoms with Gasteiger partial charge in [0.15, 0.2) is 0 Å². The van der Waals surface area contributed by atoms with Gasteiger partial charge in [-0.1, -0.05) is 6.42 Å². The van der Waals surface area contributed by atoms with Crippen molar-refractivity contribution in [2.24, 2.45) is 5.73 Å². The van der Waals surface area contributed by atoms with Gasteiger partial charge in [-0.15, -0.1) is 0 Å². The molecule has 1 aliphatic heterocycles. The molecule has 1 aromatic rings. The van der Waals surface area contributed by atoms with Crippen molar-refractivity contribution in [2.75, 3.05) is 6.54 Å². The first-order valence-corrected chi connectivity index (χ1v) is 6.80. The third-order valence-corrected chi connectivity index (χ3v) is 3.82. The first kappa shape index (κ1) is 14.0. The summed E-state index contributed by atoms with van der Waals surface area (Å²) in [5, 5.41) is 8.89. The monoisotopic (exact) mass is 261 g/mol. The molecule has 2 unspecified atom stereocenters. The van der Waals surface area contributed by atoms with Crippen molar-refractivity contribution in [1.82, 2.24) is 4.90 Å². The molecule has 0 saturated carbocycles. The number of likely N-dealkylation sites (tertiary alicyclic amines) is 1. The molecular formula is C15H20FN3. The number of nitriles is 1. The Hall–Kier alpha value is -1.44. The fourth-order valence-corrected chi connectivity index (χ4v) is 2.79. The largest absolute Gasteiger partial charge is 0.327 e. The minimum absolute atomic E-state index is 0.0857. The van der Waals surface area contributed by atoms with Crippen LogP contribution in [0.3, 0.4) is 0 Å². The zero-order valence-corrected chi connectivity index (χ0v) is 11.3. The number of nitrogens with zero attached hydrogens (tertiary/aromatic N) is 2. The fraction of sp³-hybridized carbons (Fsp3) is 0.533. The minimum Gasteiger partial charge on any atom is -0.327 e. The summed E-state index contributed by atoms with van der Waals surface area (Å²) >= 11 is 0. The lowest BCUT2D eigenvalue weighted by Crippen LogP contribution is -2.48. The fourth-order valence-electron chi connectivity index (χ4n) is 2.79. The molecule has 2 rings (SSSR count). The maximum absolute atomic E-state index is 13.8. The lowest BCUT2D eigenvalue weighted by Gasteiger charge is -2.38. The second-order valence-electron chi connectivity index (χ2n) is 5.31. The van der Waals surface area contributed by atoms with Crippen LogP contribution >= 0.6 is 0 Å². The van der Waals surface area contributed by atoms with E-state index in [-0.39, 0.29) is 11.9 Å². The number of hydrogen-bond donors (Lipinski definition) is 1. The Balaban J connectivity index is 2.17. The second kappa shape index (κ2) is 6.14. The number of halogens is 1. The molecule has 1 aromatic carbocycles. The van der Waals surface area contributed by atoms with Crippen molar-refractivity contribution in [3.63, 3.8) is 0 Å². The highest BCUT2D eigenvalue weighted by Gasteiger charge is 2.26. The van der Waals surface area contributed by atoms with Crippen LogP contribution in [0.4, 0.5) is 4.39 Å². The SMILES string of the molecule is CC(N)C1CCCCN1Cc1cc(C#N)ccc1F. The van der Waals surface area contributed by atoms with E-state index in [1.807, 2.05) is 6.92 Å². The van der Waals surface area contributed by atoms with E-state index >= 15 is 0 Å². The molecule has 0 radical (unpaired) electrons. The Kier molecular flexibility index (Phi) is 4.52. The number of hydrogen-bond acceptors (Lipinski definition) is 3. The third-order valence-electron chi connectivity index (χ3n) is 3.82. The molecule has 19 heavy (non-hydrogen) atoms. The molecule has 1 saturated heterocycles. The molecule has 3 nitrogen and oxygen atoms in total. The molecule has 102 valence electrons. The van der Waals surface area contributed by atoms with Crippen molar-refractivity contribution >= 4 is 0 Å². The summed E-state index contributed by atoms with van der Waals surface area (Å²) in [7, 11) is 0. The molecule has 1 aliphatic rings. The standard InChI is InChI=1S/C15H20FN3/c1-11(18)15-4-2-3-7-19(15)10-13-8-12(9-17)5-6-14(13)16/h5-6,8,11,15H,2-4,7,10,18H2,1H3. The van der Waals surface area contributed by atoms with Gasteiger partial charge in [-0.25, -0.2) is 4.39 Å². The van der Waals surface area contributed by atoms with Crippen LogP contribution in [-0.2, 0) is 6.54 Å². The summed E-state index contributed by atoms with van der Waals surface area (Å²) < 4.78 is 13.8. The van der Waals surface area contributed by atoms with Crippen LogP contribution < -0.4 is 5.73 Å². The minimum atomic E-state index is -0.243. The Bertz CT molecular complexity index is 479. The van der Waals surface area contributed by atoms with Crippen molar-refractivity contribution in [3.05, 3.63) is 35.1 Å². The average Bonchev–Trinajstić information content (AvgIpc) is 2.41. The number of benzene rings is 1. The van der Waals surface area contributed by atoms with E-state index in [9.17, 15) is 4.39 Å². The van der Waals surface area contributed by atoms with E-state index in [0.29, 0.717) is 23.7 Å². The lowest BCUT2D eigenvalue weighted by atomic mass is 9.96. The van der Waals surface area contributed by atoms with Gasteiger partial charge in [0.25, 0.3) is 0 Å². The lowest BCUT2D eigenvalue weighted by molar-refractivity contribution is 0.121. The number of nitrogens with two attached hydrogens (primary N) is 1. The van der Waals surface area contributed by atoms with E-state index in [0.717, 1.165) is 19.4 Å². The van der Waals surface area contributed by atoms with Crippen molar-refractivity contribution in [1.29, 1.82) is 5.26 Å². The Morgan fingerprint density at radius 1 is 1.53 bits per heavy atom. The number of rotatable bonds is 3. The van der Waals surface area contributed by atoms with Crippen LogP contribution in [0.15, 0.2) is 18.2 Å². The second-order valence-corrected chi connectivity index (χ2v) is 5.31. The Labute approximate surface area is 113 Å². The molecule has 0 bridgehead atoms. The van der Waals surface area contributed by atoms with Gasteiger partial charge in [0.2, 0.25) is 0 Å². The summed E-state index contributed by atoms with van der Waals surface area (Å²) in [6.07, 6.45) is 3.38. The summed E-state index contributed by atoms with van der Waals surface area (Å²) in [6, 6.07) is 6.97. The highest BCUT2D eigenvalue weighted by Crippen LogP contribution is 2.22. The quantitative estimate of drug-likeness (QED) is 0.909. The van der Waals surface area contributed by atoms with Gasteiger partial charge in [0.1, 0.15) is 5.82 Å². The smallest absolute Gasteiger partial charge is 0.127 e. The summed E-state index contributed by atoms with van der Waals surface area (Å²) in [5.74, 6) is -0.243. The highest BCUT2D eigenvalue weighted by atomic mass is 19.1. The van der Waals surface area contributed by atoms with Crippen LogP contribution in [-0.4, -0.2) is 23.5 Å². The molecule has 4 heteroatoms. The van der Waals surface area contributed by atoms with Crippen LogP contribution in [0, 0.1) is 17.1 Å². The summed E-state index contributed by atoms with van der Waals surface area (Å²) in [4.78, 5) is 2.24. The molecule has 0 aromatic heterocycles. The zero-order chi connectivity index (χ0) is 13.8. The van der Waals surface area contributed by atoms with Gasteiger partial charge in [-0.3, -0.25) is 4.90 Å². The predicted octanol–water partition coefficient (Wildman–Crippen LogP) is 2.40. The number of piperidine rings is 1. The molecule has 1 fully saturated rings. The van der Waals surface area contributed by atoms with Crippen LogP contribution in [0.2, 0.25) is 0 Å². The maximum atomic E-state index is 13.8. The Morgan fingerprint density at radius 2 is 2.32 bits per heavy atom. The van der Waals surface area contributed by atoms with Gasteiger partial charge in [-0.05, 0) is 44.5 Å². The maximum Gasteiger partial charge on any atom is 0.127 e. The first-order valence-electron chi connectivity index (χ1n) is 6.80. The van der Waals surface area contributed by atoms with Gasteiger partial charge in [0, 0.05) is 24.2 Å².